The summed E-state index contributed by atoms with van der Waals surface area (Å²) in [7, 11) is 3.82. The lowest BCUT2D eigenvalue weighted by Gasteiger charge is -2.27. The normalized spacial score (nSPS) is 14.1. The molecule has 0 fully saturated rings. The third-order valence-corrected chi connectivity index (χ3v) is 2.91. The molecule has 0 aliphatic carbocycles. The number of aliphatic hydroxyl groups is 1. The molecule has 5 heteroatoms. The van der Waals surface area contributed by atoms with E-state index in [1.54, 1.807) is 13.0 Å². The lowest BCUT2D eigenvalue weighted by Crippen LogP contribution is -2.43. The second-order valence-corrected chi connectivity index (χ2v) is 5.81. The summed E-state index contributed by atoms with van der Waals surface area (Å²) in [5.74, 6) is 0. The average molecular weight is 312 g/mol. The summed E-state index contributed by atoms with van der Waals surface area (Å²) in [4.78, 5) is 1.93. The summed E-state index contributed by atoms with van der Waals surface area (Å²) >= 11 is 3.33. The molecular formula is C13H18BrN3O. The van der Waals surface area contributed by atoms with E-state index in [0.717, 1.165) is 10.2 Å². The molecule has 1 atom stereocenters. The zero-order valence-corrected chi connectivity index (χ0v) is 12.5. The number of hydrogen-bond donors (Lipinski definition) is 2. The number of nitriles is 1. The summed E-state index contributed by atoms with van der Waals surface area (Å²) < 4.78 is 0.865. The minimum absolute atomic E-state index is 0.390. The summed E-state index contributed by atoms with van der Waals surface area (Å²) in [5, 5.41) is 22.3. The van der Waals surface area contributed by atoms with Crippen LogP contribution in [0, 0.1) is 11.3 Å². The molecule has 0 saturated heterocycles. The Balaban J connectivity index is 2.72. The number of anilines is 1. The molecule has 98 valence electrons. The van der Waals surface area contributed by atoms with Gasteiger partial charge in [0, 0.05) is 17.6 Å². The molecule has 1 rings (SSSR count). The van der Waals surface area contributed by atoms with Crippen LogP contribution in [-0.4, -0.2) is 42.8 Å². The Kier molecular flexibility index (Phi) is 5.15. The monoisotopic (exact) mass is 311 g/mol. The number of rotatable bonds is 5. The molecule has 0 amide bonds. The molecule has 0 bridgehead atoms. The fourth-order valence-electron chi connectivity index (χ4n) is 1.79. The van der Waals surface area contributed by atoms with Gasteiger partial charge >= 0.3 is 0 Å². The molecule has 0 aliphatic rings. The van der Waals surface area contributed by atoms with Gasteiger partial charge in [-0.3, -0.25) is 0 Å². The van der Waals surface area contributed by atoms with E-state index in [2.05, 4.69) is 27.3 Å². The molecule has 0 aliphatic heterocycles. The fourth-order valence-corrected chi connectivity index (χ4v) is 2.15. The smallest absolute Gasteiger partial charge is 0.101 e. The maximum Gasteiger partial charge on any atom is 0.101 e. The van der Waals surface area contributed by atoms with Gasteiger partial charge in [-0.2, -0.15) is 5.26 Å². The first-order chi connectivity index (χ1) is 8.34. The van der Waals surface area contributed by atoms with Gasteiger partial charge in [-0.15, -0.1) is 0 Å². The van der Waals surface area contributed by atoms with Crippen LogP contribution in [0.1, 0.15) is 12.5 Å². The third-order valence-electron chi connectivity index (χ3n) is 2.42. The van der Waals surface area contributed by atoms with Crippen molar-refractivity contribution in [2.45, 2.75) is 12.5 Å². The quantitative estimate of drug-likeness (QED) is 0.873. The summed E-state index contributed by atoms with van der Waals surface area (Å²) in [5.41, 5.74) is 0.452. The predicted molar refractivity (Wildman–Crippen MR) is 76.5 cm³/mol. The third kappa shape index (κ3) is 4.65. The van der Waals surface area contributed by atoms with Crippen LogP contribution in [0.4, 0.5) is 5.69 Å². The van der Waals surface area contributed by atoms with Crippen LogP contribution >= 0.6 is 15.9 Å². The number of nitrogens with zero attached hydrogens (tertiary/aromatic N) is 2. The average Bonchev–Trinajstić information content (AvgIpc) is 2.25. The second kappa shape index (κ2) is 6.19. The van der Waals surface area contributed by atoms with Gasteiger partial charge in [-0.05, 0) is 39.2 Å². The summed E-state index contributed by atoms with van der Waals surface area (Å²) in [6, 6.07) is 7.57. The van der Waals surface area contributed by atoms with Crippen LogP contribution in [0.2, 0.25) is 0 Å². The predicted octanol–water partition coefficient (Wildman–Crippen LogP) is 2.05. The van der Waals surface area contributed by atoms with Gasteiger partial charge in [0.05, 0.1) is 16.9 Å². The molecule has 1 aromatic carbocycles. The molecule has 0 heterocycles. The number of benzene rings is 1. The fraction of sp³-hybridized carbons (Fsp3) is 0.462. The van der Waals surface area contributed by atoms with Crippen molar-refractivity contribution < 1.29 is 5.11 Å². The Morgan fingerprint density at radius 3 is 2.72 bits per heavy atom. The van der Waals surface area contributed by atoms with Crippen LogP contribution in [0.5, 0.6) is 0 Å². The van der Waals surface area contributed by atoms with E-state index < -0.39 is 5.60 Å². The first-order valence-corrected chi connectivity index (χ1v) is 6.44. The highest BCUT2D eigenvalue weighted by molar-refractivity contribution is 9.10. The number of nitrogens with one attached hydrogen (secondary N) is 1. The van der Waals surface area contributed by atoms with E-state index in [4.69, 9.17) is 5.26 Å². The van der Waals surface area contributed by atoms with Crippen molar-refractivity contribution in [2.75, 3.05) is 32.5 Å². The molecule has 18 heavy (non-hydrogen) atoms. The minimum Gasteiger partial charge on any atom is -0.387 e. The summed E-state index contributed by atoms with van der Waals surface area (Å²) in [6.45, 7) is 2.71. The maximum atomic E-state index is 10.2. The first-order valence-electron chi connectivity index (χ1n) is 5.65. The topological polar surface area (TPSA) is 59.3 Å². The largest absolute Gasteiger partial charge is 0.387 e. The van der Waals surface area contributed by atoms with Crippen LogP contribution in [0.25, 0.3) is 0 Å². The van der Waals surface area contributed by atoms with Crippen molar-refractivity contribution in [3.63, 3.8) is 0 Å². The minimum atomic E-state index is -0.844. The molecule has 2 N–H and O–H groups in total. The van der Waals surface area contributed by atoms with E-state index in [1.165, 1.54) is 0 Å². The van der Waals surface area contributed by atoms with Crippen LogP contribution in [0.3, 0.4) is 0 Å². The lowest BCUT2D eigenvalue weighted by atomic mass is 10.1. The molecule has 0 saturated carbocycles. The number of hydrogen-bond acceptors (Lipinski definition) is 4. The SMILES string of the molecule is CN(C)CC(C)(O)CNc1ccc(Br)cc1C#N. The molecule has 0 radical (unpaired) electrons. The van der Waals surface area contributed by atoms with Gasteiger partial charge in [0.2, 0.25) is 0 Å². The van der Waals surface area contributed by atoms with E-state index in [1.807, 2.05) is 31.1 Å². The van der Waals surface area contributed by atoms with E-state index in [9.17, 15) is 5.11 Å². The zero-order valence-electron chi connectivity index (χ0n) is 10.9. The molecule has 1 unspecified atom stereocenters. The molecule has 1 aromatic rings. The Morgan fingerprint density at radius 2 is 2.17 bits per heavy atom. The number of halogens is 1. The summed E-state index contributed by atoms with van der Waals surface area (Å²) in [6.07, 6.45) is 0. The first kappa shape index (κ1) is 15.0. The zero-order chi connectivity index (χ0) is 13.8. The van der Waals surface area contributed by atoms with Crippen molar-refractivity contribution in [1.29, 1.82) is 5.26 Å². The van der Waals surface area contributed by atoms with E-state index >= 15 is 0 Å². The van der Waals surface area contributed by atoms with Gasteiger partial charge in [0.25, 0.3) is 0 Å². The van der Waals surface area contributed by atoms with Gasteiger partial charge in [-0.25, -0.2) is 0 Å². The van der Waals surface area contributed by atoms with Crippen LogP contribution < -0.4 is 5.32 Å². The molecule has 0 spiro atoms. The standard InChI is InChI=1S/C13H18BrN3O/c1-13(18,9-17(2)3)8-16-12-5-4-11(14)6-10(12)7-15/h4-6,16,18H,8-9H2,1-3H3. The molecule has 0 aromatic heterocycles. The Hall–Kier alpha value is -1.09. The van der Waals surface area contributed by atoms with Crippen LogP contribution in [0.15, 0.2) is 22.7 Å². The van der Waals surface area contributed by atoms with Crippen molar-refractivity contribution in [2.24, 2.45) is 0 Å². The molecular weight excluding hydrogens is 294 g/mol. The molecule has 4 nitrogen and oxygen atoms in total. The number of likely N-dealkylation sites (N-methyl/N-ethyl adjacent to an activating group) is 1. The van der Waals surface area contributed by atoms with E-state index in [0.29, 0.717) is 18.7 Å². The van der Waals surface area contributed by atoms with E-state index in [-0.39, 0.29) is 0 Å². The highest BCUT2D eigenvalue weighted by atomic mass is 79.9. The van der Waals surface area contributed by atoms with Gasteiger partial charge in [0.1, 0.15) is 6.07 Å². The maximum absolute atomic E-state index is 10.2. The van der Waals surface area contributed by atoms with Gasteiger partial charge in [-0.1, -0.05) is 15.9 Å². The van der Waals surface area contributed by atoms with Crippen molar-refractivity contribution >= 4 is 21.6 Å². The van der Waals surface area contributed by atoms with Crippen molar-refractivity contribution in [1.82, 2.24) is 4.90 Å². The lowest BCUT2D eigenvalue weighted by molar-refractivity contribution is 0.0460. The Labute approximate surface area is 116 Å². The highest BCUT2D eigenvalue weighted by Gasteiger charge is 2.21. The highest BCUT2D eigenvalue weighted by Crippen LogP contribution is 2.21. The van der Waals surface area contributed by atoms with Crippen molar-refractivity contribution in [3.8, 4) is 6.07 Å². The Bertz CT molecular complexity index is 452. The second-order valence-electron chi connectivity index (χ2n) is 4.89. The van der Waals surface area contributed by atoms with Gasteiger partial charge < -0.3 is 15.3 Å². The Morgan fingerprint density at radius 1 is 1.50 bits per heavy atom. The van der Waals surface area contributed by atoms with Crippen LogP contribution in [-0.2, 0) is 0 Å². The van der Waals surface area contributed by atoms with Crippen molar-refractivity contribution in [3.05, 3.63) is 28.2 Å². The van der Waals surface area contributed by atoms with Gasteiger partial charge in [0.15, 0.2) is 0 Å².